The molecule has 1 aromatic rings. The van der Waals surface area contributed by atoms with Gasteiger partial charge in [-0.1, -0.05) is 13.8 Å². The lowest BCUT2D eigenvalue weighted by Crippen LogP contribution is -2.33. The molecule has 2 atom stereocenters. The predicted octanol–water partition coefficient (Wildman–Crippen LogP) is 1.33. The molecule has 1 fully saturated rings. The second-order valence-electron chi connectivity index (χ2n) is 4.79. The molecule has 2 N–H and O–H groups in total. The van der Waals surface area contributed by atoms with E-state index in [4.69, 9.17) is 10.2 Å². The maximum atomic E-state index is 12.0. The van der Waals surface area contributed by atoms with E-state index in [1.807, 2.05) is 4.90 Å². The highest BCUT2D eigenvalue weighted by Crippen LogP contribution is 2.24. The molecule has 1 amide bonds. The van der Waals surface area contributed by atoms with E-state index < -0.39 is 0 Å². The van der Waals surface area contributed by atoms with Crippen LogP contribution in [0.25, 0.3) is 0 Å². The third-order valence-electron chi connectivity index (χ3n) is 3.32. The summed E-state index contributed by atoms with van der Waals surface area (Å²) in [7, 11) is 0. The van der Waals surface area contributed by atoms with Gasteiger partial charge in [-0.25, -0.2) is 0 Å². The number of carbonyl (C=O) groups is 1. The van der Waals surface area contributed by atoms with E-state index in [-0.39, 0.29) is 11.9 Å². The van der Waals surface area contributed by atoms with Gasteiger partial charge in [0, 0.05) is 19.1 Å². The second kappa shape index (κ2) is 4.29. The molecule has 16 heavy (non-hydrogen) atoms. The van der Waals surface area contributed by atoms with Gasteiger partial charge in [0.15, 0.2) is 0 Å². The summed E-state index contributed by atoms with van der Waals surface area (Å²) in [5.41, 5.74) is 6.65. The maximum Gasteiger partial charge on any atom is 0.257 e. The summed E-state index contributed by atoms with van der Waals surface area (Å²) in [4.78, 5) is 13.9. The van der Waals surface area contributed by atoms with Crippen LogP contribution in [0.1, 0.15) is 24.2 Å². The Bertz CT molecular complexity index is 359. The second-order valence-corrected chi connectivity index (χ2v) is 4.79. The molecule has 1 aromatic heterocycles. The van der Waals surface area contributed by atoms with Gasteiger partial charge in [-0.3, -0.25) is 4.79 Å². The van der Waals surface area contributed by atoms with Crippen LogP contribution in [0.3, 0.4) is 0 Å². The molecule has 4 heteroatoms. The number of nitrogens with zero attached hydrogens (tertiary/aromatic N) is 1. The minimum Gasteiger partial charge on any atom is -0.472 e. The van der Waals surface area contributed by atoms with Crippen molar-refractivity contribution in [1.29, 1.82) is 0 Å². The Morgan fingerprint density at radius 3 is 2.81 bits per heavy atom. The van der Waals surface area contributed by atoms with Gasteiger partial charge in [0.05, 0.1) is 11.8 Å². The van der Waals surface area contributed by atoms with Gasteiger partial charge in [-0.15, -0.1) is 0 Å². The third kappa shape index (κ3) is 1.97. The number of hydrogen-bond acceptors (Lipinski definition) is 3. The molecule has 0 radical (unpaired) electrons. The van der Waals surface area contributed by atoms with Crippen LogP contribution < -0.4 is 5.73 Å². The largest absolute Gasteiger partial charge is 0.472 e. The van der Waals surface area contributed by atoms with Crippen molar-refractivity contribution in [2.75, 3.05) is 13.1 Å². The lowest BCUT2D eigenvalue weighted by Gasteiger charge is -2.18. The van der Waals surface area contributed by atoms with E-state index >= 15 is 0 Å². The molecular formula is C12H18N2O2. The van der Waals surface area contributed by atoms with Gasteiger partial charge in [0.2, 0.25) is 0 Å². The molecule has 2 heterocycles. The van der Waals surface area contributed by atoms with E-state index in [1.165, 1.54) is 12.5 Å². The van der Waals surface area contributed by atoms with Crippen LogP contribution >= 0.6 is 0 Å². The minimum absolute atomic E-state index is 0.0207. The first-order chi connectivity index (χ1) is 7.59. The molecule has 1 saturated heterocycles. The standard InChI is InChI=1S/C12H18N2O2/c1-8(2)10-5-14(6-11(10)13)12(15)9-3-4-16-7-9/h3-4,7-8,10-11H,5-6,13H2,1-2H3/t10-,11+/m0/s1. The van der Waals surface area contributed by atoms with Crippen LogP contribution in [0.4, 0.5) is 0 Å². The van der Waals surface area contributed by atoms with Crippen molar-refractivity contribution in [3.63, 3.8) is 0 Å². The van der Waals surface area contributed by atoms with E-state index in [2.05, 4.69) is 13.8 Å². The highest BCUT2D eigenvalue weighted by Gasteiger charge is 2.34. The normalized spacial score (nSPS) is 25.4. The van der Waals surface area contributed by atoms with Crippen LogP contribution in [0.5, 0.6) is 0 Å². The summed E-state index contributed by atoms with van der Waals surface area (Å²) < 4.78 is 4.92. The van der Waals surface area contributed by atoms with E-state index in [0.29, 0.717) is 23.9 Å². The molecular weight excluding hydrogens is 204 g/mol. The third-order valence-corrected chi connectivity index (χ3v) is 3.32. The van der Waals surface area contributed by atoms with E-state index in [0.717, 1.165) is 6.54 Å². The van der Waals surface area contributed by atoms with Crippen molar-refractivity contribution in [3.8, 4) is 0 Å². The highest BCUT2D eigenvalue weighted by atomic mass is 16.3. The Labute approximate surface area is 95.4 Å². The fourth-order valence-corrected chi connectivity index (χ4v) is 2.29. The smallest absolute Gasteiger partial charge is 0.257 e. The van der Waals surface area contributed by atoms with Gasteiger partial charge >= 0.3 is 0 Å². The lowest BCUT2D eigenvalue weighted by molar-refractivity contribution is 0.0782. The maximum absolute atomic E-state index is 12.0. The van der Waals surface area contributed by atoms with Crippen molar-refractivity contribution in [3.05, 3.63) is 24.2 Å². The van der Waals surface area contributed by atoms with Crippen molar-refractivity contribution < 1.29 is 9.21 Å². The predicted molar refractivity (Wildman–Crippen MR) is 60.9 cm³/mol. The number of hydrogen-bond donors (Lipinski definition) is 1. The fraction of sp³-hybridized carbons (Fsp3) is 0.583. The Balaban J connectivity index is 2.06. The minimum atomic E-state index is 0.0207. The Hall–Kier alpha value is -1.29. The summed E-state index contributed by atoms with van der Waals surface area (Å²) in [6.07, 6.45) is 3.00. The molecule has 88 valence electrons. The molecule has 4 nitrogen and oxygen atoms in total. The van der Waals surface area contributed by atoms with Gasteiger partial charge in [0.25, 0.3) is 5.91 Å². The topological polar surface area (TPSA) is 59.5 Å². The van der Waals surface area contributed by atoms with Crippen molar-refractivity contribution in [2.24, 2.45) is 17.6 Å². The van der Waals surface area contributed by atoms with Gasteiger partial charge in [-0.2, -0.15) is 0 Å². The summed E-state index contributed by atoms with van der Waals surface area (Å²) in [6, 6.07) is 1.78. The zero-order valence-corrected chi connectivity index (χ0v) is 9.72. The number of amides is 1. The van der Waals surface area contributed by atoms with Crippen LogP contribution in [0, 0.1) is 11.8 Å². The summed E-state index contributed by atoms with van der Waals surface area (Å²) >= 11 is 0. The molecule has 1 aliphatic heterocycles. The summed E-state index contributed by atoms with van der Waals surface area (Å²) in [5, 5.41) is 0. The van der Waals surface area contributed by atoms with Crippen molar-refractivity contribution >= 4 is 5.91 Å². The Morgan fingerprint density at radius 1 is 1.56 bits per heavy atom. The first kappa shape index (κ1) is 11.2. The highest BCUT2D eigenvalue weighted by molar-refractivity contribution is 5.94. The first-order valence-electron chi connectivity index (χ1n) is 5.66. The van der Waals surface area contributed by atoms with Gasteiger partial charge in [-0.05, 0) is 17.9 Å². The number of carbonyl (C=O) groups excluding carboxylic acids is 1. The van der Waals surface area contributed by atoms with Crippen LogP contribution in [0.2, 0.25) is 0 Å². The Morgan fingerprint density at radius 2 is 2.31 bits per heavy atom. The van der Waals surface area contributed by atoms with E-state index in [9.17, 15) is 4.79 Å². The molecule has 0 spiro atoms. The lowest BCUT2D eigenvalue weighted by atomic mass is 9.92. The molecule has 0 aliphatic carbocycles. The molecule has 2 rings (SSSR count). The van der Waals surface area contributed by atoms with Gasteiger partial charge in [0.1, 0.15) is 6.26 Å². The monoisotopic (exact) mass is 222 g/mol. The molecule has 1 aliphatic rings. The van der Waals surface area contributed by atoms with Crippen molar-refractivity contribution in [1.82, 2.24) is 4.90 Å². The SMILES string of the molecule is CC(C)[C@@H]1CN(C(=O)c2ccoc2)C[C@H]1N. The fourth-order valence-electron chi connectivity index (χ4n) is 2.29. The molecule has 0 saturated carbocycles. The average Bonchev–Trinajstić information content (AvgIpc) is 2.84. The van der Waals surface area contributed by atoms with Gasteiger partial charge < -0.3 is 15.1 Å². The zero-order chi connectivity index (χ0) is 11.7. The molecule has 0 bridgehead atoms. The summed E-state index contributed by atoms with van der Waals surface area (Å²) in [5.74, 6) is 0.931. The number of furan rings is 1. The summed E-state index contributed by atoms with van der Waals surface area (Å²) in [6.45, 7) is 5.70. The zero-order valence-electron chi connectivity index (χ0n) is 9.72. The number of nitrogens with two attached hydrogens (primary N) is 1. The Kier molecular flexibility index (Phi) is 3.01. The van der Waals surface area contributed by atoms with Crippen LogP contribution in [-0.2, 0) is 0 Å². The van der Waals surface area contributed by atoms with Crippen molar-refractivity contribution in [2.45, 2.75) is 19.9 Å². The first-order valence-corrected chi connectivity index (χ1v) is 5.66. The number of rotatable bonds is 2. The number of likely N-dealkylation sites (tertiary alicyclic amines) is 1. The van der Waals surface area contributed by atoms with Crippen LogP contribution in [-0.4, -0.2) is 29.9 Å². The quantitative estimate of drug-likeness (QED) is 0.821. The molecule has 0 unspecified atom stereocenters. The van der Waals surface area contributed by atoms with E-state index in [1.54, 1.807) is 6.07 Å². The van der Waals surface area contributed by atoms with Crippen LogP contribution in [0.15, 0.2) is 23.0 Å². The average molecular weight is 222 g/mol. The molecule has 0 aromatic carbocycles.